The molecule has 0 heterocycles. The number of carbonyl (C=O) groups excluding carboxylic acids is 7. The zero-order valence-corrected chi connectivity index (χ0v) is 45.6. The second-order valence-corrected chi connectivity index (χ2v) is 20.5. The van der Waals surface area contributed by atoms with Crippen LogP contribution >= 0.6 is 0 Å². The third-order valence-corrected chi connectivity index (χ3v) is 11.4. The molecule has 0 saturated heterocycles. The molecule has 0 aliphatic rings. The van der Waals surface area contributed by atoms with E-state index in [4.69, 9.17) is 45.9 Å². The Morgan fingerprint density at radius 2 is 0.627 bits per heavy atom. The number of unbranched alkanes of at least 4 members (excludes halogenated alkanes) is 1. The van der Waals surface area contributed by atoms with Gasteiger partial charge in [-0.05, 0) is 107 Å². The molecule has 0 aromatic rings. The lowest BCUT2D eigenvalue weighted by Gasteiger charge is -2.29. The lowest BCUT2D eigenvalue weighted by Crippen LogP contribution is -2.60. The SMILES string of the molecule is CC(C)C[C@H](NC(=O)[C@@H](CC(C)C)NC(=O)[C@H](CC(C)C)NC(=O)[C@@H](CCCN=C(N)N)NC(=O)[C@H](CCCN=C(N)N)NC(=O)[C@@H](CCCN=C(N)N)NC(=O)[C@@H](N)CCCCN)C(=O)N[C@H](CC(C)C)C(=O)O. The van der Waals surface area contributed by atoms with Crippen LogP contribution < -0.4 is 83.1 Å². The number of hydrogen-bond acceptors (Lipinski definition) is 13. The number of nitrogens with one attached hydrogen (secondary N) is 7. The van der Waals surface area contributed by atoms with Gasteiger partial charge in [-0.25, -0.2) is 4.79 Å². The van der Waals surface area contributed by atoms with E-state index in [9.17, 15) is 43.5 Å². The normalized spacial score (nSPS) is 14.4. The van der Waals surface area contributed by atoms with Crippen LogP contribution in [-0.4, -0.2) is 145 Å². The predicted molar refractivity (Wildman–Crippen MR) is 290 cm³/mol. The van der Waals surface area contributed by atoms with E-state index < -0.39 is 95.7 Å². The summed E-state index contributed by atoms with van der Waals surface area (Å²) in [7, 11) is 0. The van der Waals surface area contributed by atoms with Gasteiger partial charge in [0.15, 0.2) is 17.9 Å². The van der Waals surface area contributed by atoms with Crippen LogP contribution in [0.5, 0.6) is 0 Å². The Morgan fingerprint density at radius 1 is 0.373 bits per heavy atom. The molecule has 0 unspecified atom stereocenters. The second-order valence-electron chi connectivity index (χ2n) is 20.5. The Morgan fingerprint density at radius 3 is 0.893 bits per heavy atom. The molecule has 0 bridgehead atoms. The molecule has 27 heteroatoms. The van der Waals surface area contributed by atoms with Crippen molar-refractivity contribution >= 4 is 65.2 Å². The summed E-state index contributed by atoms with van der Waals surface area (Å²) in [6.07, 6.45) is 2.59. The summed E-state index contributed by atoms with van der Waals surface area (Å²) < 4.78 is 0. The van der Waals surface area contributed by atoms with Crippen molar-refractivity contribution in [3.05, 3.63) is 0 Å². The van der Waals surface area contributed by atoms with Crippen LogP contribution in [-0.2, 0) is 38.4 Å². The van der Waals surface area contributed by atoms with Crippen LogP contribution in [0, 0.1) is 23.7 Å². The number of guanidine groups is 3. The average Bonchev–Trinajstić information content (AvgIpc) is 3.29. The number of carboxylic acid groups (broad SMARTS) is 1. The Labute approximate surface area is 442 Å². The van der Waals surface area contributed by atoms with Gasteiger partial charge in [-0.2, -0.15) is 0 Å². The van der Waals surface area contributed by atoms with Gasteiger partial charge >= 0.3 is 5.97 Å². The molecule has 0 fully saturated rings. The second kappa shape index (κ2) is 37.3. The highest BCUT2D eigenvalue weighted by atomic mass is 16.4. The van der Waals surface area contributed by atoms with Crippen LogP contribution in [0.3, 0.4) is 0 Å². The van der Waals surface area contributed by atoms with Gasteiger partial charge in [0.25, 0.3) is 0 Å². The van der Waals surface area contributed by atoms with Crippen molar-refractivity contribution in [1.29, 1.82) is 0 Å². The summed E-state index contributed by atoms with van der Waals surface area (Å²) in [5, 5.41) is 28.7. The maximum absolute atomic E-state index is 14.4. The van der Waals surface area contributed by atoms with E-state index in [0.717, 1.165) is 0 Å². The topological polar surface area (TPSA) is 486 Å². The van der Waals surface area contributed by atoms with Crippen molar-refractivity contribution in [2.75, 3.05) is 26.2 Å². The highest BCUT2D eigenvalue weighted by Gasteiger charge is 2.35. The molecule has 8 atom stereocenters. The quantitative estimate of drug-likeness (QED) is 0.0169. The Kier molecular flexibility index (Phi) is 34.0. The standard InChI is InChI=1S/C48H94N18O9/c1-26(2)22-34(42(71)64-35(23-27(3)4)43(72)65-36(24-28(5)6)44(73)66-37(45(74)75)25-29(7)8)63-41(70)33(17-13-21-59-48(55)56)62-40(69)32(16-12-20-58-47(53)54)61-39(68)31(15-11-19-57-46(51)52)60-38(67)30(50)14-9-10-18-49/h26-37H,9-25,49-50H2,1-8H3,(H,60,67)(H,61,68)(H,62,69)(H,63,70)(H,64,71)(H,65,72)(H,66,73)(H,74,75)(H4,51,52,57)(H4,53,54,58)(H4,55,56,59)/t30-,31+,32-,33+,34-,35+,36-,37+/m0/s1. The minimum absolute atomic E-state index is 0.0422. The number of carboxylic acids is 1. The first kappa shape index (κ1) is 68.5. The summed E-state index contributed by atoms with van der Waals surface area (Å²) in [4.78, 5) is 122. The van der Waals surface area contributed by atoms with Crippen molar-refractivity contribution in [2.24, 2.45) is 84.5 Å². The van der Waals surface area contributed by atoms with Crippen LogP contribution in [0.1, 0.15) is 139 Å². The maximum Gasteiger partial charge on any atom is 0.326 e. The number of rotatable bonds is 39. The van der Waals surface area contributed by atoms with Crippen molar-refractivity contribution in [3.8, 4) is 0 Å². The monoisotopic (exact) mass is 1070 g/mol. The number of aliphatic carboxylic acids is 1. The zero-order chi connectivity index (χ0) is 57.4. The number of aliphatic imine (C=N–C) groups is 3. The third-order valence-electron chi connectivity index (χ3n) is 11.4. The lowest BCUT2D eigenvalue weighted by atomic mass is 9.98. The molecule has 0 rings (SSSR count). The summed E-state index contributed by atoms with van der Waals surface area (Å²) >= 11 is 0. The summed E-state index contributed by atoms with van der Waals surface area (Å²) in [5.74, 6) is -7.34. The third kappa shape index (κ3) is 31.7. The van der Waals surface area contributed by atoms with Gasteiger partial charge in [0.05, 0.1) is 6.04 Å². The molecule has 75 heavy (non-hydrogen) atoms. The number of nitrogens with zero attached hydrogens (tertiary/aromatic N) is 3. The molecule has 0 aliphatic heterocycles. The van der Waals surface area contributed by atoms with E-state index >= 15 is 0 Å². The fourth-order valence-electron chi connectivity index (χ4n) is 7.67. The molecule has 0 radical (unpaired) electrons. The van der Waals surface area contributed by atoms with Crippen molar-refractivity contribution in [2.45, 2.75) is 187 Å². The number of carbonyl (C=O) groups is 8. The van der Waals surface area contributed by atoms with Crippen LogP contribution in [0.25, 0.3) is 0 Å². The Balaban J connectivity index is 6.98. The molecular weight excluding hydrogens is 973 g/mol. The first-order chi connectivity index (χ1) is 35.1. The van der Waals surface area contributed by atoms with Gasteiger partial charge in [-0.1, -0.05) is 61.8 Å². The minimum atomic E-state index is -1.34. The maximum atomic E-state index is 14.4. The fourth-order valence-corrected chi connectivity index (χ4v) is 7.67. The number of amides is 7. The molecule has 0 aromatic heterocycles. The first-order valence-corrected chi connectivity index (χ1v) is 26.0. The summed E-state index contributed by atoms with van der Waals surface area (Å²) in [6, 6.07) is -9.60. The van der Waals surface area contributed by atoms with Gasteiger partial charge in [-0.3, -0.25) is 48.5 Å². The van der Waals surface area contributed by atoms with E-state index in [2.05, 4.69) is 52.2 Å². The number of hydrogen-bond donors (Lipinski definition) is 16. The Hall–Kier alpha value is -6.51. The smallest absolute Gasteiger partial charge is 0.326 e. The van der Waals surface area contributed by atoms with E-state index in [1.165, 1.54) is 0 Å². The molecule has 27 nitrogen and oxygen atoms in total. The van der Waals surface area contributed by atoms with Crippen molar-refractivity contribution in [1.82, 2.24) is 37.2 Å². The molecule has 0 aromatic carbocycles. The summed E-state index contributed by atoms with van der Waals surface area (Å²) in [5.41, 5.74) is 44.9. The molecule has 430 valence electrons. The van der Waals surface area contributed by atoms with Gasteiger partial charge in [0, 0.05) is 19.6 Å². The van der Waals surface area contributed by atoms with Crippen molar-refractivity contribution in [3.63, 3.8) is 0 Å². The largest absolute Gasteiger partial charge is 0.480 e. The highest BCUT2D eigenvalue weighted by Crippen LogP contribution is 2.14. The molecule has 7 amide bonds. The van der Waals surface area contributed by atoms with Crippen LogP contribution in [0.15, 0.2) is 15.0 Å². The molecule has 0 aliphatic carbocycles. The molecule has 0 spiro atoms. The fraction of sp³-hybridized carbons (Fsp3) is 0.771. The first-order valence-electron chi connectivity index (χ1n) is 26.0. The molecule has 24 N–H and O–H groups in total. The van der Waals surface area contributed by atoms with Gasteiger partial charge < -0.3 is 88.2 Å². The summed E-state index contributed by atoms with van der Waals surface area (Å²) in [6.45, 7) is 15.3. The zero-order valence-electron chi connectivity index (χ0n) is 45.6. The lowest BCUT2D eigenvalue weighted by molar-refractivity contribution is -0.143. The average molecular weight is 1070 g/mol. The van der Waals surface area contributed by atoms with E-state index in [-0.39, 0.29) is 125 Å². The predicted octanol–water partition coefficient (Wildman–Crippen LogP) is -2.73. The van der Waals surface area contributed by atoms with Crippen LogP contribution in [0.4, 0.5) is 0 Å². The number of nitrogens with two attached hydrogens (primary N) is 8. The molecule has 0 saturated carbocycles. The van der Waals surface area contributed by atoms with E-state index in [1.807, 2.05) is 55.4 Å². The van der Waals surface area contributed by atoms with Crippen LogP contribution in [0.2, 0.25) is 0 Å². The van der Waals surface area contributed by atoms with Gasteiger partial charge in [-0.15, -0.1) is 0 Å². The highest BCUT2D eigenvalue weighted by molar-refractivity contribution is 5.97. The Bertz CT molecular complexity index is 1890. The van der Waals surface area contributed by atoms with E-state index in [1.54, 1.807) is 0 Å². The van der Waals surface area contributed by atoms with Gasteiger partial charge in [0.2, 0.25) is 41.4 Å². The minimum Gasteiger partial charge on any atom is -0.480 e. The molecular formula is C48H94N18O9. The van der Waals surface area contributed by atoms with Gasteiger partial charge in [0.1, 0.15) is 42.3 Å². The van der Waals surface area contributed by atoms with E-state index in [0.29, 0.717) is 25.8 Å². The van der Waals surface area contributed by atoms with Crippen molar-refractivity contribution < 1.29 is 43.5 Å².